The molecule has 2 aromatic carbocycles. The van der Waals surface area contributed by atoms with E-state index in [1.54, 1.807) is 50.7 Å². The van der Waals surface area contributed by atoms with Crippen LogP contribution in [0.15, 0.2) is 78.9 Å². The number of benzene rings is 2. The van der Waals surface area contributed by atoms with E-state index in [0.29, 0.717) is 30.2 Å². The Morgan fingerprint density at radius 1 is 0.900 bits per heavy atom. The maximum absolute atomic E-state index is 14.5. The van der Waals surface area contributed by atoms with Crippen molar-refractivity contribution in [3.05, 3.63) is 83.9 Å². The Balaban J connectivity index is 1.50. The molecule has 0 bridgehead atoms. The molecule has 1 unspecified atom stereocenters. The van der Waals surface area contributed by atoms with Crippen molar-refractivity contribution in [1.29, 1.82) is 0 Å². The Morgan fingerprint density at radius 3 is 2.17 bits per heavy atom. The smallest absolute Gasteiger partial charge is 0.251 e. The summed E-state index contributed by atoms with van der Waals surface area (Å²) in [5.74, 6) is -2.05. The molecule has 6 rings (SSSR count). The number of rotatable bonds is 5. The van der Waals surface area contributed by atoms with Gasteiger partial charge in [0.1, 0.15) is 6.04 Å². The molecule has 1 spiro atoms. The molecule has 9 heteroatoms. The number of halogens is 1. The van der Waals surface area contributed by atoms with Crippen LogP contribution in [-0.2, 0) is 14.4 Å². The van der Waals surface area contributed by atoms with Gasteiger partial charge in [0.15, 0.2) is 0 Å². The summed E-state index contributed by atoms with van der Waals surface area (Å²) >= 11 is 7.67. The number of nitrogens with zero attached hydrogens (tertiary/aromatic N) is 3. The molecular formula is C31H32ClN3O4S. The van der Waals surface area contributed by atoms with Gasteiger partial charge in [-0.1, -0.05) is 61.0 Å². The zero-order chi connectivity index (χ0) is 28.2. The van der Waals surface area contributed by atoms with E-state index >= 15 is 0 Å². The van der Waals surface area contributed by atoms with Gasteiger partial charge < -0.3 is 19.8 Å². The van der Waals surface area contributed by atoms with Crippen LogP contribution in [-0.4, -0.2) is 69.0 Å². The highest BCUT2D eigenvalue weighted by Crippen LogP contribution is 2.66. The van der Waals surface area contributed by atoms with E-state index in [2.05, 4.69) is 6.08 Å². The zero-order valence-electron chi connectivity index (χ0n) is 22.4. The first kappa shape index (κ1) is 27.1. The van der Waals surface area contributed by atoms with E-state index in [-0.39, 0.29) is 24.3 Å². The summed E-state index contributed by atoms with van der Waals surface area (Å²) < 4.78 is -1.68. The number of hydrogen-bond donors (Lipinski definition) is 1. The number of thioether (sulfide) groups is 1. The molecule has 4 heterocycles. The van der Waals surface area contributed by atoms with Gasteiger partial charge in [-0.3, -0.25) is 14.4 Å². The SMILES string of the molecule is CC[C@@H](CO)N1C(=O)[C@@H]2[C@H]3C(=O)N(c4ccccc4)CC=C[C@@]3(C)S[C@@]23C=CCN(c2ccc(Cl)cc2)C(=O)C13. The van der Waals surface area contributed by atoms with Crippen LogP contribution in [0.25, 0.3) is 0 Å². The summed E-state index contributed by atoms with van der Waals surface area (Å²) in [6.07, 6.45) is 8.47. The van der Waals surface area contributed by atoms with Crippen LogP contribution >= 0.6 is 23.4 Å². The third-order valence-electron chi connectivity index (χ3n) is 8.78. The van der Waals surface area contributed by atoms with E-state index in [9.17, 15) is 19.5 Å². The number of carbonyl (C=O) groups excluding carboxylic acids is 3. The molecule has 0 saturated carbocycles. The lowest BCUT2D eigenvalue weighted by atomic mass is 9.74. The van der Waals surface area contributed by atoms with E-state index in [4.69, 9.17) is 11.6 Å². The number of carbonyl (C=O) groups is 3. The van der Waals surface area contributed by atoms with Gasteiger partial charge in [0.2, 0.25) is 11.8 Å². The highest BCUT2D eigenvalue weighted by Gasteiger charge is 2.74. The van der Waals surface area contributed by atoms with Gasteiger partial charge in [0, 0.05) is 34.2 Å². The second-order valence-corrected chi connectivity index (χ2v) is 13.2. The van der Waals surface area contributed by atoms with Crippen LogP contribution in [0.4, 0.5) is 11.4 Å². The largest absolute Gasteiger partial charge is 0.394 e. The number of fused-ring (bicyclic) bond motifs is 2. The summed E-state index contributed by atoms with van der Waals surface area (Å²) in [6, 6.07) is 15.1. The number of anilines is 2. The molecule has 0 aromatic heterocycles. The topological polar surface area (TPSA) is 81.2 Å². The molecule has 3 amide bonds. The minimum absolute atomic E-state index is 0.126. The molecule has 2 aromatic rings. The summed E-state index contributed by atoms with van der Waals surface area (Å²) in [5.41, 5.74) is 1.45. The van der Waals surface area contributed by atoms with Crippen LogP contribution in [0.1, 0.15) is 20.3 Å². The van der Waals surface area contributed by atoms with Crippen molar-refractivity contribution in [1.82, 2.24) is 4.90 Å². The third kappa shape index (κ3) is 3.95. The first-order chi connectivity index (χ1) is 19.3. The molecule has 0 aliphatic carbocycles. The van der Waals surface area contributed by atoms with Crippen molar-refractivity contribution in [2.45, 2.75) is 41.8 Å². The summed E-state index contributed by atoms with van der Waals surface area (Å²) in [4.78, 5) is 48.5. The predicted molar refractivity (Wildman–Crippen MR) is 158 cm³/mol. The summed E-state index contributed by atoms with van der Waals surface area (Å²) in [7, 11) is 0. The lowest BCUT2D eigenvalue weighted by Crippen LogP contribution is -2.56. The predicted octanol–water partition coefficient (Wildman–Crippen LogP) is 4.30. The molecule has 1 N–H and O–H groups in total. The van der Waals surface area contributed by atoms with Crippen LogP contribution in [0.5, 0.6) is 0 Å². The van der Waals surface area contributed by atoms with E-state index < -0.39 is 33.4 Å². The minimum atomic E-state index is -0.975. The van der Waals surface area contributed by atoms with Gasteiger partial charge in [-0.15, -0.1) is 11.8 Å². The Labute approximate surface area is 243 Å². The van der Waals surface area contributed by atoms with Gasteiger partial charge in [-0.05, 0) is 49.7 Å². The van der Waals surface area contributed by atoms with Gasteiger partial charge in [-0.2, -0.15) is 0 Å². The normalized spacial score (nSPS) is 32.0. The summed E-state index contributed by atoms with van der Waals surface area (Å²) in [5, 5.41) is 10.9. The van der Waals surface area contributed by atoms with E-state index in [0.717, 1.165) is 5.69 Å². The van der Waals surface area contributed by atoms with Crippen molar-refractivity contribution < 1.29 is 19.5 Å². The monoisotopic (exact) mass is 577 g/mol. The van der Waals surface area contributed by atoms with Crippen LogP contribution in [0.2, 0.25) is 5.02 Å². The van der Waals surface area contributed by atoms with Gasteiger partial charge >= 0.3 is 0 Å². The fourth-order valence-corrected chi connectivity index (χ4v) is 9.23. The highest BCUT2D eigenvalue weighted by molar-refractivity contribution is 8.02. The number of para-hydroxylation sites is 1. The maximum atomic E-state index is 14.5. The van der Waals surface area contributed by atoms with E-state index in [1.165, 1.54) is 0 Å². The molecule has 40 heavy (non-hydrogen) atoms. The lowest BCUT2D eigenvalue weighted by Gasteiger charge is -2.39. The van der Waals surface area contributed by atoms with Crippen molar-refractivity contribution in [3.63, 3.8) is 0 Å². The maximum Gasteiger partial charge on any atom is 0.251 e. The van der Waals surface area contributed by atoms with E-state index in [1.807, 2.05) is 62.4 Å². The number of aliphatic hydroxyl groups excluding tert-OH is 1. The number of likely N-dealkylation sites (tertiary alicyclic amines) is 1. The number of hydrogen-bond acceptors (Lipinski definition) is 5. The average molecular weight is 578 g/mol. The molecule has 2 fully saturated rings. The zero-order valence-corrected chi connectivity index (χ0v) is 24.0. The van der Waals surface area contributed by atoms with Crippen LogP contribution in [0.3, 0.4) is 0 Å². The molecular weight excluding hydrogens is 546 g/mol. The molecule has 4 aliphatic heterocycles. The Morgan fingerprint density at radius 2 is 1.52 bits per heavy atom. The second-order valence-electron chi connectivity index (χ2n) is 11.0. The van der Waals surface area contributed by atoms with Crippen molar-refractivity contribution >= 4 is 52.5 Å². The highest BCUT2D eigenvalue weighted by atomic mass is 35.5. The van der Waals surface area contributed by atoms with Gasteiger partial charge in [0.25, 0.3) is 5.91 Å². The fourth-order valence-electron chi connectivity index (χ4n) is 6.96. The Hall–Kier alpha value is -3.07. The fraction of sp³-hybridized carbons (Fsp3) is 0.387. The Kier molecular flexibility index (Phi) is 6.84. The first-order valence-electron chi connectivity index (χ1n) is 13.7. The van der Waals surface area contributed by atoms with Crippen molar-refractivity contribution in [2.75, 3.05) is 29.5 Å². The molecule has 208 valence electrons. The second kappa shape index (κ2) is 10.1. The molecule has 2 saturated heterocycles. The quantitative estimate of drug-likeness (QED) is 0.536. The van der Waals surface area contributed by atoms with Crippen molar-refractivity contribution in [3.8, 4) is 0 Å². The minimum Gasteiger partial charge on any atom is -0.394 e. The lowest BCUT2D eigenvalue weighted by molar-refractivity contribution is -0.142. The molecule has 7 nitrogen and oxygen atoms in total. The molecule has 6 atom stereocenters. The standard InChI is InChI=1S/C31H32ClN3O4S/c1-3-21(19-36)35-26-29(39)34(23-13-11-20(32)12-14-23)18-8-16-31(26)25(28(35)38)24-27(37)33(22-9-5-4-6-10-22)17-7-15-30(24,2)40-31/h4-16,21,24-26,36H,3,17-19H2,1-2H3/t21-,24-,25-,26?,30+,31-/m0/s1. The molecule has 0 radical (unpaired) electrons. The average Bonchev–Trinajstić information content (AvgIpc) is 3.22. The first-order valence-corrected chi connectivity index (χ1v) is 14.9. The summed E-state index contributed by atoms with van der Waals surface area (Å²) in [6.45, 7) is 4.37. The van der Waals surface area contributed by atoms with Gasteiger partial charge in [0.05, 0.1) is 29.2 Å². The van der Waals surface area contributed by atoms with Crippen molar-refractivity contribution in [2.24, 2.45) is 11.8 Å². The molecule has 4 aliphatic rings. The number of amides is 3. The number of aliphatic hydroxyl groups is 1. The third-order valence-corrected chi connectivity index (χ3v) is 10.8. The van der Waals surface area contributed by atoms with Crippen LogP contribution < -0.4 is 9.80 Å². The Bertz CT molecular complexity index is 1400. The van der Waals surface area contributed by atoms with Gasteiger partial charge in [-0.25, -0.2) is 0 Å². The van der Waals surface area contributed by atoms with Crippen LogP contribution in [0, 0.1) is 11.8 Å².